The maximum Gasteiger partial charge on any atom is 0.128 e. The highest BCUT2D eigenvalue weighted by molar-refractivity contribution is 5.65. The van der Waals surface area contributed by atoms with Crippen LogP contribution in [0.1, 0.15) is 38.4 Å². The first kappa shape index (κ1) is 24.6. The zero-order chi connectivity index (χ0) is 26.1. The molecule has 1 saturated heterocycles. The molecule has 1 aliphatic heterocycles. The highest BCUT2D eigenvalue weighted by Crippen LogP contribution is 2.49. The van der Waals surface area contributed by atoms with Crippen LogP contribution in [-0.2, 0) is 0 Å². The zero-order valence-corrected chi connectivity index (χ0v) is 22.2. The molecule has 2 fully saturated rings. The first-order valence-corrected chi connectivity index (χ1v) is 13.7. The second-order valence-corrected chi connectivity index (χ2v) is 11.6. The van der Waals surface area contributed by atoms with Crippen molar-refractivity contribution in [2.24, 2.45) is 11.3 Å². The van der Waals surface area contributed by atoms with Gasteiger partial charge in [0.25, 0.3) is 0 Å². The van der Waals surface area contributed by atoms with Crippen LogP contribution in [-0.4, -0.2) is 23.8 Å². The third-order valence-electron chi connectivity index (χ3n) is 8.25. The molecule has 0 amide bonds. The summed E-state index contributed by atoms with van der Waals surface area (Å²) >= 11 is 0. The van der Waals surface area contributed by atoms with Gasteiger partial charge < -0.3 is 20.2 Å². The summed E-state index contributed by atoms with van der Waals surface area (Å²) in [5.74, 6) is 0.158. The van der Waals surface area contributed by atoms with Gasteiger partial charge in [0.05, 0.1) is 6.10 Å². The molecular formula is C34H37N3O. The van der Waals surface area contributed by atoms with Crippen LogP contribution in [0.2, 0.25) is 0 Å². The van der Waals surface area contributed by atoms with E-state index in [0.717, 1.165) is 30.8 Å². The van der Waals surface area contributed by atoms with Crippen molar-refractivity contribution in [3.63, 3.8) is 0 Å². The van der Waals surface area contributed by atoms with Gasteiger partial charge in [-0.05, 0) is 72.4 Å². The lowest BCUT2D eigenvalue weighted by Gasteiger charge is -2.59. The van der Waals surface area contributed by atoms with Crippen LogP contribution in [0.25, 0.3) is 0 Å². The van der Waals surface area contributed by atoms with Crippen molar-refractivity contribution in [3.05, 3.63) is 121 Å². The van der Waals surface area contributed by atoms with Crippen LogP contribution >= 0.6 is 0 Å². The number of rotatable bonds is 5. The van der Waals surface area contributed by atoms with Crippen molar-refractivity contribution >= 4 is 22.7 Å². The van der Waals surface area contributed by atoms with Gasteiger partial charge in [-0.1, -0.05) is 80.6 Å². The molecule has 1 heterocycles. The van der Waals surface area contributed by atoms with E-state index in [1.165, 1.54) is 16.9 Å². The molecule has 0 radical (unpaired) electrons. The van der Waals surface area contributed by atoms with Crippen molar-refractivity contribution < 1.29 is 5.11 Å². The largest absolute Gasteiger partial charge is 0.393 e. The number of para-hydroxylation sites is 2. The smallest absolute Gasteiger partial charge is 0.128 e. The van der Waals surface area contributed by atoms with Crippen molar-refractivity contribution in [1.29, 1.82) is 0 Å². The van der Waals surface area contributed by atoms with E-state index in [4.69, 9.17) is 0 Å². The van der Waals surface area contributed by atoms with Crippen LogP contribution in [0, 0.1) is 11.3 Å². The lowest BCUT2D eigenvalue weighted by Crippen LogP contribution is -2.63. The van der Waals surface area contributed by atoms with Crippen LogP contribution < -0.4 is 15.1 Å². The summed E-state index contributed by atoms with van der Waals surface area (Å²) in [6.45, 7) is 5.44. The summed E-state index contributed by atoms with van der Waals surface area (Å²) in [5, 5.41) is 15.0. The second kappa shape index (κ2) is 10.2. The Morgan fingerprint density at radius 3 is 1.92 bits per heavy atom. The van der Waals surface area contributed by atoms with Gasteiger partial charge >= 0.3 is 0 Å². The maximum atomic E-state index is 11.5. The van der Waals surface area contributed by atoms with E-state index in [1.807, 2.05) is 18.2 Å². The molecule has 194 valence electrons. The summed E-state index contributed by atoms with van der Waals surface area (Å²) in [6.07, 6.45) is 1.56. The standard InChI is InChI=1S/C34H37N3O/c1-34(2)22-31-30(32(38)23-34)24-36(28-16-10-5-11-17-28)33(25-12-6-3-7-13-25)37(31)29-20-18-27(19-21-29)35-26-14-8-4-9-15-26/h3-21,30-33,35,38H,22-24H2,1-2H3. The first-order chi connectivity index (χ1) is 18.5. The Morgan fingerprint density at radius 1 is 0.684 bits per heavy atom. The van der Waals surface area contributed by atoms with E-state index in [2.05, 4.69) is 126 Å². The Labute approximate surface area is 226 Å². The van der Waals surface area contributed by atoms with Crippen molar-refractivity contribution in [2.75, 3.05) is 21.7 Å². The zero-order valence-electron chi connectivity index (χ0n) is 22.2. The van der Waals surface area contributed by atoms with E-state index in [9.17, 15) is 5.11 Å². The molecular weight excluding hydrogens is 466 g/mol. The number of hydrogen-bond donors (Lipinski definition) is 2. The van der Waals surface area contributed by atoms with Crippen LogP contribution in [0.5, 0.6) is 0 Å². The fraction of sp³-hybridized carbons (Fsp3) is 0.294. The quantitative estimate of drug-likeness (QED) is 0.294. The number of benzene rings is 4. The Hall–Kier alpha value is -3.76. The minimum absolute atomic E-state index is 0.0221. The first-order valence-electron chi connectivity index (χ1n) is 13.7. The van der Waals surface area contributed by atoms with E-state index in [0.29, 0.717) is 0 Å². The van der Waals surface area contributed by atoms with Crippen molar-refractivity contribution in [1.82, 2.24) is 0 Å². The minimum atomic E-state index is -0.340. The average molecular weight is 504 g/mol. The summed E-state index contributed by atoms with van der Waals surface area (Å²) in [6, 6.07) is 40.8. The number of anilines is 4. The lowest BCUT2D eigenvalue weighted by molar-refractivity contribution is -0.00719. The van der Waals surface area contributed by atoms with E-state index < -0.39 is 0 Å². The fourth-order valence-corrected chi connectivity index (χ4v) is 6.55. The predicted molar refractivity (Wildman–Crippen MR) is 158 cm³/mol. The maximum absolute atomic E-state index is 11.5. The summed E-state index contributed by atoms with van der Waals surface area (Å²) in [5.41, 5.74) is 5.84. The van der Waals surface area contributed by atoms with Crippen LogP contribution in [0.15, 0.2) is 115 Å². The van der Waals surface area contributed by atoms with E-state index in [1.54, 1.807) is 0 Å². The molecule has 38 heavy (non-hydrogen) atoms. The molecule has 4 unspecified atom stereocenters. The van der Waals surface area contributed by atoms with Crippen LogP contribution in [0.3, 0.4) is 0 Å². The number of hydrogen-bond acceptors (Lipinski definition) is 4. The SMILES string of the molecule is CC1(C)CC(O)C2CN(c3ccccc3)C(c3ccccc3)N(c3ccc(Nc4ccccc4)cc3)C2C1. The molecule has 0 spiro atoms. The summed E-state index contributed by atoms with van der Waals surface area (Å²) < 4.78 is 0. The topological polar surface area (TPSA) is 38.7 Å². The third-order valence-corrected chi connectivity index (χ3v) is 8.25. The summed E-state index contributed by atoms with van der Waals surface area (Å²) in [4.78, 5) is 5.08. The molecule has 4 heteroatoms. The van der Waals surface area contributed by atoms with Crippen molar-refractivity contribution in [3.8, 4) is 0 Å². The Balaban J connectivity index is 1.45. The Kier molecular flexibility index (Phi) is 6.59. The lowest BCUT2D eigenvalue weighted by atomic mass is 9.66. The van der Waals surface area contributed by atoms with Gasteiger partial charge in [-0.15, -0.1) is 0 Å². The van der Waals surface area contributed by atoms with Gasteiger partial charge in [0.2, 0.25) is 0 Å². The highest BCUT2D eigenvalue weighted by Gasteiger charge is 2.50. The Morgan fingerprint density at radius 2 is 1.26 bits per heavy atom. The molecule has 4 nitrogen and oxygen atoms in total. The molecule has 0 aromatic heterocycles. The van der Waals surface area contributed by atoms with Gasteiger partial charge in [0, 0.05) is 41.3 Å². The Bertz CT molecular complexity index is 1320. The minimum Gasteiger partial charge on any atom is -0.393 e. The number of nitrogens with one attached hydrogen (secondary N) is 1. The molecule has 6 rings (SSSR count). The fourth-order valence-electron chi connectivity index (χ4n) is 6.55. The predicted octanol–water partition coefficient (Wildman–Crippen LogP) is 7.62. The van der Waals surface area contributed by atoms with Gasteiger partial charge in [-0.2, -0.15) is 0 Å². The molecule has 1 aliphatic carbocycles. The molecule has 1 saturated carbocycles. The highest BCUT2D eigenvalue weighted by atomic mass is 16.3. The second-order valence-electron chi connectivity index (χ2n) is 11.6. The number of nitrogens with zero attached hydrogens (tertiary/aromatic N) is 2. The molecule has 2 N–H and O–H groups in total. The summed E-state index contributed by atoms with van der Waals surface area (Å²) in [7, 11) is 0. The van der Waals surface area contributed by atoms with Gasteiger partial charge in [-0.25, -0.2) is 0 Å². The van der Waals surface area contributed by atoms with E-state index >= 15 is 0 Å². The van der Waals surface area contributed by atoms with Crippen molar-refractivity contribution in [2.45, 2.75) is 45.0 Å². The monoisotopic (exact) mass is 503 g/mol. The van der Waals surface area contributed by atoms with Gasteiger partial charge in [0.1, 0.15) is 6.17 Å². The molecule has 4 aromatic rings. The van der Waals surface area contributed by atoms with Gasteiger partial charge in [0.15, 0.2) is 0 Å². The molecule has 0 bridgehead atoms. The third kappa shape index (κ3) is 4.89. The average Bonchev–Trinajstić information content (AvgIpc) is 2.94. The normalized spacial score (nSPS) is 24.5. The molecule has 2 aliphatic rings. The van der Waals surface area contributed by atoms with Gasteiger partial charge in [-0.3, -0.25) is 0 Å². The molecule has 4 aromatic carbocycles. The number of aliphatic hydroxyl groups excluding tert-OH is 1. The number of aliphatic hydroxyl groups is 1. The van der Waals surface area contributed by atoms with Crippen LogP contribution in [0.4, 0.5) is 22.7 Å². The van der Waals surface area contributed by atoms with E-state index in [-0.39, 0.29) is 29.6 Å². The molecule has 4 atom stereocenters. The number of fused-ring (bicyclic) bond motifs is 1.